The van der Waals surface area contributed by atoms with Crippen LogP contribution < -0.4 is 4.90 Å². The summed E-state index contributed by atoms with van der Waals surface area (Å²) in [5, 5.41) is 0.640. The van der Waals surface area contributed by atoms with Crippen molar-refractivity contribution in [3.05, 3.63) is 52.4 Å². The molecule has 8 nitrogen and oxygen atoms in total. The highest BCUT2D eigenvalue weighted by Crippen LogP contribution is 2.44. The third-order valence-corrected chi connectivity index (χ3v) is 8.22. The van der Waals surface area contributed by atoms with Gasteiger partial charge in [0.05, 0.1) is 11.6 Å². The van der Waals surface area contributed by atoms with Gasteiger partial charge in [0.15, 0.2) is 0 Å². The first-order valence-electron chi connectivity index (χ1n) is 13.1. The molecule has 1 aliphatic carbocycles. The van der Waals surface area contributed by atoms with E-state index in [9.17, 15) is 14.0 Å². The van der Waals surface area contributed by atoms with Crippen molar-refractivity contribution in [2.75, 3.05) is 63.8 Å². The number of nitrogens with zero attached hydrogens (tertiary/aromatic N) is 6. The number of amides is 2. The Labute approximate surface area is 222 Å². The Hall–Kier alpha value is -2.78. The van der Waals surface area contributed by atoms with Crippen LogP contribution in [0.4, 0.5) is 10.2 Å². The van der Waals surface area contributed by atoms with Crippen LogP contribution in [0.3, 0.4) is 0 Å². The monoisotopic (exact) mass is 528 g/mol. The number of fused-ring (bicyclic) bond motifs is 1. The summed E-state index contributed by atoms with van der Waals surface area (Å²) in [6, 6.07) is 7.54. The lowest BCUT2D eigenvalue weighted by atomic mass is 9.96. The normalized spacial score (nSPS) is 23.2. The van der Waals surface area contributed by atoms with E-state index in [-0.39, 0.29) is 23.7 Å². The zero-order valence-electron chi connectivity index (χ0n) is 21.4. The second-order valence-corrected chi connectivity index (χ2v) is 10.8. The predicted octanol–water partition coefficient (Wildman–Crippen LogP) is 3.24. The molecule has 2 aliphatic heterocycles. The Morgan fingerprint density at radius 2 is 1.65 bits per heavy atom. The van der Waals surface area contributed by atoms with Crippen molar-refractivity contribution >= 4 is 29.2 Å². The molecule has 10 heteroatoms. The van der Waals surface area contributed by atoms with E-state index in [0.29, 0.717) is 63.0 Å². The highest BCUT2D eigenvalue weighted by Gasteiger charge is 2.36. The molecule has 0 radical (unpaired) electrons. The van der Waals surface area contributed by atoms with Gasteiger partial charge in [-0.2, -0.15) is 0 Å². The van der Waals surface area contributed by atoms with Gasteiger partial charge in [-0.1, -0.05) is 30.7 Å². The lowest BCUT2D eigenvalue weighted by molar-refractivity contribution is -0.135. The van der Waals surface area contributed by atoms with Gasteiger partial charge in [-0.15, -0.1) is 0 Å². The molecule has 1 aromatic carbocycles. The van der Waals surface area contributed by atoms with Crippen molar-refractivity contribution < 1.29 is 14.0 Å². The van der Waals surface area contributed by atoms with E-state index in [0.717, 1.165) is 30.0 Å². The molecule has 1 aromatic heterocycles. The van der Waals surface area contributed by atoms with Crippen molar-refractivity contribution in [2.24, 2.45) is 0 Å². The maximum Gasteiger partial charge on any atom is 0.231 e. The number of piperazine rings is 2. The van der Waals surface area contributed by atoms with Gasteiger partial charge in [0.1, 0.15) is 18.3 Å². The minimum Gasteiger partial charge on any atom is -0.353 e. The molecule has 0 bridgehead atoms. The van der Waals surface area contributed by atoms with Gasteiger partial charge < -0.3 is 14.7 Å². The van der Waals surface area contributed by atoms with E-state index < -0.39 is 6.17 Å². The number of alkyl halides is 1. The first-order valence-corrected chi connectivity index (χ1v) is 13.5. The zero-order chi connectivity index (χ0) is 26.1. The van der Waals surface area contributed by atoms with E-state index in [1.165, 1.54) is 6.33 Å². The number of rotatable bonds is 5. The fourth-order valence-corrected chi connectivity index (χ4v) is 5.92. The lowest BCUT2D eigenvalue weighted by Crippen LogP contribution is -2.53. The van der Waals surface area contributed by atoms with Gasteiger partial charge in [-0.05, 0) is 30.0 Å². The molecule has 2 saturated heterocycles. The van der Waals surface area contributed by atoms with Crippen LogP contribution in [0.15, 0.2) is 30.6 Å². The molecule has 5 rings (SSSR count). The molecule has 0 unspecified atom stereocenters. The molecule has 3 aliphatic rings. The summed E-state index contributed by atoms with van der Waals surface area (Å²) in [4.78, 5) is 42.5. The smallest absolute Gasteiger partial charge is 0.231 e. The van der Waals surface area contributed by atoms with Crippen LogP contribution in [0.2, 0.25) is 5.02 Å². The minimum atomic E-state index is -1.04. The molecule has 2 fully saturated rings. The molecule has 0 spiro atoms. The van der Waals surface area contributed by atoms with E-state index in [2.05, 4.69) is 19.8 Å². The quantitative estimate of drug-likeness (QED) is 0.593. The molecule has 3 atom stereocenters. The number of carbonyl (C=O) groups is 2. The molecule has 2 aromatic rings. The largest absolute Gasteiger partial charge is 0.353 e. The van der Waals surface area contributed by atoms with Crippen molar-refractivity contribution in [2.45, 2.75) is 38.3 Å². The Balaban J connectivity index is 1.28. The topological polar surface area (TPSA) is 72.9 Å². The Morgan fingerprint density at radius 1 is 1.00 bits per heavy atom. The van der Waals surface area contributed by atoms with Crippen molar-refractivity contribution in [3.8, 4) is 0 Å². The molecule has 0 saturated carbocycles. The minimum absolute atomic E-state index is 0.0821. The number of benzene rings is 1. The van der Waals surface area contributed by atoms with Gasteiger partial charge in [0.2, 0.25) is 11.8 Å². The predicted molar refractivity (Wildman–Crippen MR) is 141 cm³/mol. The summed E-state index contributed by atoms with van der Waals surface area (Å²) >= 11 is 6.13. The zero-order valence-corrected chi connectivity index (χ0v) is 22.2. The maximum atomic E-state index is 14.4. The van der Waals surface area contributed by atoms with E-state index in [1.807, 2.05) is 41.0 Å². The molecule has 0 N–H and O–H groups in total. The number of halogens is 2. The van der Waals surface area contributed by atoms with Crippen LogP contribution in [0.5, 0.6) is 0 Å². The second-order valence-electron chi connectivity index (χ2n) is 10.3. The van der Waals surface area contributed by atoms with E-state index >= 15 is 0 Å². The highest BCUT2D eigenvalue weighted by molar-refractivity contribution is 6.30. The number of aromatic nitrogens is 2. The number of hydrogen-bond acceptors (Lipinski definition) is 6. The average molecular weight is 529 g/mol. The van der Waals surface area contributed by atoms with Crippen LogP contribution in [0.1, 0.15) is 55.1 Å². The van der Waals surface area contributed by atoms with Crippen LogP contribution >= 0.6 is 11.6 Å². The van der Waals surface area contributed by atoms with Crippen LogP contribution in [0, 0.1) is 0 Å². The summed E-state index contributed by atoms with van der Waals surface area (Å²) in [6.45, 7) is 9.51. The van der Waals surface area contributed by atoms with Gasteiger partial charge >= 0.3 is 0 Å². The second kappa shape index (κ2) is 10.9. The standard InChI is InChI=1S/C27H34ClFN6O2/c1-18-15-23(29)25-24(18)26(31-17-30-25)34-11-13-35(14-12-34)27(37)22(20-3-5-21(28)6-4-20)16-32-7-9-33(10-8-32)19(2)36/h3-6,17-18,22-23H,7-16H2,1-2H3/t18-,22-,23-/m1/s1. The summed E-state index contributed by atoms with van der Waals surface area (Å²) in [7, 11) is 0. The molecular weight excluding hydrogens is 495 g/mol. The Bertz CT molecular complexity index is 1130. The molecule has 2 amide bonds. The number of anilines is 1. The van der Waals surface area contributed by atoms with Crippen molar-refractivity contribution in [3.63, 3.8) is 0 Å². The highest BCUT2D eigenvalue weighted by atomic mass is 35.5. The molecular formula is C27H34ClFN6O2. The lowest BCUT2D eigenvalue weighted by Gasteiger charge is -2.40. The van der Waals surface area contributed by atoms with Gasteiger partial charge in [-0.25, -0.2) is 14.4 Å². The molecule has 198 valence electrons. The fourth-order valence-electron chi connectivity index (χ4n) is 5.80. The first kappa shape index (κ1) is 25.9. The van der Waals surface area contributed by atoms with Crippen LogP contribution in [0.25, 0.3) is 0 Å². The average Bonchev–Trinajstić information content (AvgIpc) is 3.21. The molecule has 37 heavy (non-hydrogen) atoms. The van der Waals surface area contributed by atoms with Gasteiger partial charge in [0, 0.05) is 76.4 Å². The van der Waals surface area contributed by atoms with E-state index in [1.54, 1.807) is 6.92 Å². The van der Waals surface area contributed by atoms with Gasteiger partial charge in [-0.3, -0.25) is 14.5 Å². The summed E-state index contributed by atoms with van der Waals surface area (Å²) < 4.78 is 14.4. The SMILES string of the molecule is CC(=O)N1CCN(C[C@@H](C(=O)N2CCN(c3ncnc4c3[C@H](C)C[C@H]4F)CC2)c2ccc(Cl)cc2)CC1. The number of hydrogen-bond donors (Lipinski definition) is 0. The van der Waals surface area contributed by atoms with Crippen molar-refractivity contribution in [1.82, 2.24) is 24.7 Å². The summed E-state index contributed by atoms with van der Waals surface area (Å²) in [5.41, 5.74) is 2.38. The fraction of sp³-hybridized carbons (Fsp3) is 0.556. The van der Waals surface area contributed by atoms with Crippen LogP contribution in [-0.2, 0) is 9.59 Å². The molecule has 3 heterocycles. The third-order valence-electron chi connectivity index (χ3n) is 7.96. The third kappa shape index (κ3) is 5.43. The summed E-state index contributed by atoms with van der Waals surface area (Å²) in [6.07, 6.45) is 0.869. The van der Waals surface area contributed by atoms with E-state index in [4.69, 9.17) is 11.6 Å². The number of carbonyl (C=O) groups excluding carboxylic acids is 2. The maximum absolute atomic E-state index is 14.4. The van der Waals surface area contributed by atoms with Gasteiger partial charge in [0.25, 0.3) is 0 Å². The first-order chi connectivity index (χ1) is 17.8. The Kier molecular flexibility index (Phi) is 7.62. The van der Waals surface area contributed by atoms with Crippen molar-refractivity contribution in [1.29, 1.82) is 0 Å². The van der Waals surface area contributed by atoms with Crippen LogP contribution in [-0.4, -0.2) is 95.4 Å². The Morgan fingerprint density at radius 3 is 2.30 bits per heavy atom. The summed E-state index contributed by atoms with van der Waals surface area (Å²) in [5.74, 6) is 0.763.